The molecule has 1 aliphatic rings. The molecule has 0 bridgehead atoms. The summed E-state index contributed by atoms with van der Waals surface area (Å²) in [5, 5.41) is 0. The Labute approximate surface area is 129 Å². The summed E-state index contributed by atoms with van der Waals surface area (Å²) in [6.07, 6.45) is -5.10. The minimum absolute atomic E-state index is 0.0983. The lowest BCUT2D eigenvalue weighted by molar-refractivity contribution is -0.160. The molecule has 1 aromatic rings. The lowest BCUT2D eigenvalue weighted by Gasteiger charge is -2.21. The van der Waals surface area contributed by atoms with Crippen molar-refractivity contribution in [3.8, 4) is 0 Å². The highest BCUT2D eigenvalue weighted by Gasteiger charge is 2.65. The monoisotopic (exact) mass is 386 g/mol. The number of halogens is 4. The number of rotatable bonds is 4. The molecule has 0 aliphatic heterocycles. The molecule has 9 heteroatoms. The van der Waals surface area contributed by atoms with E-state index in [1.54, 1.807) is 17.7 Å². The van der Waals surface area contributed by atoms with Crippen molar-refractivity contribution in [2.75, 3.05) is 0 Å². The second kappa shape index (κ2) is 5.22. The molecule has 0 radical (unpaired) electrons. The predicted molar refractivity (Wildman–Crippen MR) is 75.1 cm³/mol. The summed E-state index contributed by atoms with van der Waals surface area (Å²) < 4.78 is 65.3. The first-order valence-corrected chi connectivity index (χ1v) is 8.40. The molecule has 0 aromatic heterocycles. The average molecular weight is 387 g/mol. The van der Waals surface area contributed by atoms with Crippen LogP contribution in [0.4, 0.5) is 13.2 Å². The highest BCUT2D eigenvalue weighted by atomic mass is 79.9. The zero-order valence-corrected chi connectivity index (χ0v) is 13.5. The molecule has 21 heavy (non-hydrogen) atoms. The fourth-order valence-corrected chi connectivity index (χ4v) is 4.52. The van der Waals surface area contributed by atoms with Crippen molar-refractivity contribution in [1.82, 2.24) is 4.72 Å². The highest BCUT2D eigenvalue weighted by Crippen LogP contribution is 2.50. The van der Waals surface area contributed by atoms with Crippen molar-refractivity contribution < 1.29 is 21.6 Å². The summed E-state index contributed by atoms with van der Waals surface area (Å²) in [6.45, 7) is 1.75. The van der Waals surface area contributed by atoms with Gasteiger partial charge in [0, 0.05) is 11.0 Å². The smallest absolute Gasteiger partial charge is 0.326 e. The number of nitrogens with two attached hydrogens (primary N) is 1. The molecular weight excluding hydrogens is 373 g/mol. The van der Waals surface area contributed by atoms with Gasteiger partial charge in [0.25, 0.3) is 0 Å². The van der Waals surface area contributed by atoms with Gasteiger partial charge in [-0.1, -0.05) is 6.07 Å². The largest absolute Gasteiger partial charge is 0.407 e. The summed E-state index contributed by atoms with van der Waals surface area (Å²) in [5.41, 5.74) is 4.27. The van der Waals surface area contributed by atoms with Gasteiger partial charge in [-0.2, -0.15) is 17.9 Å². The summed E-state index contributed by atoms with van der Waals surface area (Å²) >= 11 is 3.12. The third kappa shape index (κ3) is 3.10. The lowest BCUT2D eigenvalue weighted by Crippen LogP contribution is -2.47. The number of aryl methyl sites for hydroxylation is 1. The predicted octanol–water partition coefficient (Wildman–Crippen LogP) is 2.59. The second-order valence-corrected chi connectivity index (χ2v) is 7.56. The molecule has 1 aliphatic carbocycles. The highest BCUT2D eigenvalue weighted by molar-refractivity contribution is 9.10. The van der Waals surface area contributed by atoms with Crippen molar-refractivity contribution in [3.63, 3.8) is 0 Å². The molecule has 0 amide bonds. The number of sulfonamides is 1. The van der Waals surface area contributed by atoms with Crippen molar-refractivity contribution in [1.29, 1.82) is 0 Å². The molecule has 0 unspecified atom stereocenters. The Bertz CT molecular complexity index is 670. The van der Waals surface area contributed by atoms with Crippen LogP contribution in [0.25, 0.3) is 0 Å². The van der Waals surface area contributed by atoms with Crippen LogP contribution in [0.1, 0.15) is 24.0 Å². The Morgan fingerprint density at radius 2 is 1.95 bits per heavy atom. The van der Waals surface area contributed by atoms with E-state index in [1.165, 1.54) is 6.07 Å². The van der Waals surface area contributed by atoms with Crippen LogP contribution in [0, 0.1) is 6.92 Å². The van der Waals surface area contributed by atoms with Crippen LogP contribution < -0.4 is 10.5 Å². The Hall–Kier alpha value is -0.640. The summed E-state index contributed by atoms with van der Waals surface area (Å²) in [7, 11) is -4.30. The number of hydrogen-bond acceptors (Lipinski definition) is 3. The molecule has 0 saturated heterocycles. The molecule has 0 spiro atoms. The van der Waals surface area contributed by atoms with E-state index in [-0.39, 0.29) is 28.8 Å². The molecule has 1 saturated carbocycles. The van der Waals surface area contributed by atoms with Gasteiger partial charge in [-0.15, -0.1) is 0 Å². The summed E-state index contributed by atoms with van der Waals surface area (Å²) in [6, 6.07) is 2.96. The van der Waals surface area contributed by atoms with Crippen LogP contribution >= 0.6 is 15.9 Å². The van der Waals surface area contributed by atoms with Gasteiger partial charge in [-0.05, 0) is 52.9 Å². The molecule has 3 N–H and O–H groups in total. The van der Waals surface area contributed by atoms with E-state index in [2.05, 4.69) is 15.9 Å². The van der Waals surface area contributed by atoms with Gasteiger partial charge in [0.15, 0.2) is 0 Å². The van der Waals surface area contributed by atoms with E-state index in [4.69, 9.17) is 5.73 Å². The van der Waals surface area contributed by atoms with Crippen molar-refractivity contribution >= 4 is 26.0 Å². The molecule has 118 valence electrons. The van der Waals surface area contributed by atoms with Crippen LogP contribution in [-0.2, 0) is 16.6 Å². The molecule has 4 nitrogen and oxygen atoms in total. The maximum atomic E-state index is 12.9. The number of hydrogen-bond donors (Lipinski definition) is 2. The van der Waals surface area contributed by atoms with Crippen LogP contribution in [0.2, 0.25) is 0 Å². The minimum atomic E-state index is -4.60. The number of benzene rings is 1. The van der Waals surface area contributed by atoms with Gasteiger partial charge < -0.3 is 5.73 Å². The maximum absolute atomic E-state index is 12.9. The van der Waals surface area contributed by atoms with Crippen LogP contribution in [0.5, 0.6) is 0 Å². The van der Waals surface area contributed by atoms with Crippen LogP contribution in [0.3, 0.4) is 0 Å². The first kappa shape index (κ1) is 16.7. The zero-order valence-electron chi connectivity index (χ0n) is 11.1. The fourth-order valence-electron chi connectivity index (χ4n) is 2.00. The number of nitrogens with one attached hydrogen (secondary N) is 1. The van der Waals surface area contributed by atoms with E-state index in [1.807, 2.05) is 0 Å². The third-order valence-corrected chi connectivity index (χ3v) is 6.30. The van der Waals surface area contributed by atoms with Gasteiger partial charge in [-0.25, -0.2) is 8.42 Å². The fraction of sp³-hybridized carbons (Fsp3) is 0.500. The average Bonchev–Trinajstić information content (AvgIpc) is 3.11. The van der Waals surface area contributed by atoms with Gasteiger partial charge >= 0.3 is 6.18 Å². The Morgan fingerprint density at radius 1 is 1.38 bits per heavy atom. The first-order valence-electron chi connectivity index (χ1n) is 6.12. The van der Waals surface area contributed by atoms with Crippen molar-refractivity contribution in [3.05, 3.63) is 27.7 Å². The van der Waals surface area contributed by atoms with Crippen molar-refractivity contribution in [2.45, 2.75) is 42.9 Å². The Morgan fingerprint density at radius 3 is 2.38 bits per heavy atom. The van der Waals surface area contributed by atoms with E-state index < -0.39 is 21.7 Å². The molecule has 0 atom stereocenters. The SMILES string of the molecule is Cc1cc(CN)cc(S(=O)(=O)NC2(C(F)(F)F)CC2)c1Br. The van der Waals surface area contributed by atoms with Gasteiger partial charge in [-0.3, -0.25) is 0 Å². The normalized spacial score (nSPS) is 17.8. The summed E-state index contributed by atoms with van der Waals surface area (Å²) in [5.74, 6) is 0. The first-order chi connectivity index (χ1) is 9.52. The molecule has 0 heterocycles. The van der Waals surface area contributed by atoms with Gasteiger partial charge in [0.1, 0.15) is 5.54 Å². The lowest BCUT2D eigenvalue weighted by atomic mass is 10.1. The molecule has 1 fully saturated rings. The Kier molecular flexibility index (Phi) is 4.16. The van der Waals surface area contributed by atoms with E-state index in [0.717, 1.165) is 0 Å². The Balaban J connectivity index is 2.44. The third-order valence-electron chi connectivity index (χ3n) is 3.43. The second-order valence-electron chi connectivity index (χ2n) is 5.11. The quantitative estimate of drug-likeness (QED) is 0.835. The zero-order chi connectivity index (χ0) is 16.1. The molecule has 2 rings (SSSR count). The number of alkyl halides is 3. The minimum Gasteiger partial charge on any atom is -0.326 e. The van der Waals surface area contributed by atoms with E-state index in [0.29, 0.717) is 11.1 Å². The standard InChI is InChI=1S/C12H14BrF3N2O2S/c1-7-4-8(6-17)5-9(10(7)13)21(19,20)18-11(2-3-11)12(14,15)16/h4-5,18H,2-3,6,17H2,1H3. The topological polar surface area (TPSA) is 72.2 Å². The molecular formula is C12H14BrF3N2O2S. The van der Waals surface area contributed by atoms with Gasteiger partial charge in [0.05, 0.1) is 4.90 Å². The van der Waals surface area contributed by atoms with Crippen molar-refractivity contribution in [2.24, 2.45) is 5.73 Å². The summed E-state index contributed by atoms with van der Waals surface area (Å²) in [4.78, 5) is -0.224. The van der Waals surface area contributed by atoms with Crippen LogP contribution in [0.15, 0.2) is 21.5 Å². The van der Waals surface area contributed by atoms with E-state index >= 15 is 0 Å². The van der Waals surface area contributed by atoms with E-state index in [9.17, 15) is 21.6 Å². The van der Waals surface area contributed by atoms with Crippen LogP contribution in [-0.4, -0.2) is 20.1 Å². The molecule has 1 aromatic carbocycles. The van der Waals surface area contributed by atoms with Gasteiger partial charge in [0.2, 0.25) is 10.0 Å². The maximum Gasteiger partial charge on any atom is 0.407 e.